The van der Waals surface area contributed by atoms with Gasteiger partial charge in [0, 0.05) is 114 Å². The largest absolute Gasteiger partial charge is 0.456 e. The van der Waals surface area contributed by atoms with Gasteiger partial charge in [-0.2, -0.15) is 0 Å². The maximum Gasteiger partial charge on any atom is 0.166 e. The molecule has 8 heterocycles. The summed E-state index contributed by atoms with van der Waals surface area (Å²) < 4.78 is 13.7. The summed E-state index contributed by atoms with van der Waals surface area (Å²) in [5.74, 6) is 6.69. The first kappa shape index (κ1) is 76.6. The molecule has 0 aliphatic rings. The van der Waals surface area contributed by atoms with Gasteiger partial charge in [0.15, 0.2) is 69.9 Å². The van der Waals surface area contributed by atoms with Gasteiger partial charge in [0.2, 0.25) is 0 Å². The van der Waals surface area contributed by atoms with E-state index in [4.69, 9.17) is 64.2 Å². The van der Waals surface area contributed by atoms with Gasteiger partial charge in [0.25, 0.3) is 0 Å². The molecule has 8 aromatic heterocycles. The lowest BCUT2D eigenvalue weighted by molar-refractivity contribution is 0.669. The van der Waals surface area contributed by atoms with Crippen molar-refractivity contribution in [3.63, 3.8) is 0 Å². The molecule has 15 nitrogen and oxygen atoms in total. The molecule has 0 amide bonds. The van der Waals surface area contributed by atoms with Crippen molar-refractivity contribution in [2.75, 3.05) is 0 Å². The van der Waals surface area contributed by atoms with E-state index in [1.165, 1.54) is 25.6 Å². The topological polar surface area (TPSA) is 178 Å². The number of rotatable bonds is 14. The number of nitrogens with zero attached hydrogens (tertiary/aromatic N) is 14. The molecule has 26 rings (SSSR count). The lowest BCUT2D eigenvalue weighted by Gasteiger charge is -2.17. The predicted molar refractivity (Wildman–Crippen MR) is 536 cm³/mol. The first-order valence-corrected chi connectivity index (χ1v) is 44.6. The average molecular weight is 1710 g/mol. The van der Waals surface area contributed by atoms with Gasteiger partial charge in [-0.05, 0) is 100 Å². The van der Waals surface area contributed by atoms with Crippen LogP contribution in [0.3, 0.4) is 0 Å². The summed E-state index contributed by atoms with van der Waals surface area (Å²) in [5, 5.41) is 13.4. The minimum atomic E-state index is 0.501. The Morgan fingerprint density at radius 3 is 0.917 bits per heavy atom. The second-order valence-electron chi connectivity index (χ2n) is 32.5. The fourth-order valence-corrected chi connectivity index (χ4v) is 19.6. The van der Waals surface area contributed by atoms with Crippen LogP contribution in [-0.4, -0.2) is 68.9 Å². The minimum absolute atomic E-state index is 0.501. The van der Waals surface area contributed by atoms with Gasteiger partial charge >= 0.3 is 0 Å². The van der Waals surface area contributed by atoms with Crippen LogP contribution in [0.4, 0.5) is 0 Å². The zero-order chi connectivity index (χ0) is 87.1. The predicted octanol–water partition coefficient (Wildman–Crippen LogP) is 28.9. The first-order chi connectivity index (χ1) is 65.4. The SMILES string of the molecule is c1ccc(-c2nc(-c3ccccc3)nc(-c3cc(-c4nc(-c5ccccc5)nc(-c5cccc6ccccc56)n4)ccc3-n3c4ccccc4c4ccc5oc6ccccc6c5c43)n2)cc1.c1ccc(-c2nc(-c3ccccc3)nc(-c3ccc(-n4c5ccccc5c5ccc6sc7ccccc7c6c54)c(-c4nc(-c5ccccc5)nc(-c5cccc6ccccc56)n4)c3)n2)cc1. The van der Waals surface area contributed by atoms with Gasteiger partial charge in [0.05, 0.1) is 38.8 Å². The highest BCUT2D eigenvalue weighted by Crippen LogP contribution is 2.48. The van der Waals surface area contributed by atoms with Gasteiger partial charge < -0.3 is 13.6 Å². The Morgan fingerprint density at radius 2 is 0.492 bits per heavy atom. The van der Waals surface area contributed by atoms with Crippen LogP contribution < -0.4 is 0 Å². The zero-order valence-electron chi connectivity index (χ0n) is 70.5. The summed E-state index contributed by atoms with van der Waals surface area (Å²) in [7, 11) is 0. The zero-order valence-corrected chi connectivity index (χ0v) is 71.3. The molecule has 0 spiro atoms. The highest BCUT2D eigenvalue weighted by atomic mass is 32.1. The van der Waals surface area contributed by atoms with E-state index in [2.05, 4.69) is 240 Å². The van der Waals surface area contributed by atoms with Crippen molar-refractivity contribution in [3.05, 3.63) is 425 Å². The molecular weight excluding hydrogens is 1640 g/mol. The monoisotopic (exact) mass is 1710 g/mol. The van der Waals surface area contributed by atoms with E-state index in [1.807, 2.05) is 205 Å². The van der Waals surface area contributed by atoms with Crippen molar-refractivity contribution in [1.29, 1.82) is 0 Å². The molecule has 0 radical (unpaired) electrons. The van der Waals surface area contributed by atoms with E-state index in [1.54, 1.807) is 0 Å². The maximum atomic E-state index is 6.52. The molecule has 0 fully saturated rings. The van der Waals surface area contributed by atoms with Crippen LogP contribution in [0.15, 0.2) is 429 Å². The summed E-state index contributed by atoms with van der Waals surface area (Å²) in [5.41, 5.74) is 18.0. The third-order valence-corrected chi connectivity index (χ3v) is 25.8. The van der Waals surface area contributed by atoms with Gasteiger partial charge in [0.1, 0.15) is 11.2 Å². The number of furan rings is 1. The Kier molecular flexibility index (Phi) is 18.7. The van der Waals surface area contributed by atoms with E-state index < -0.39 is 0 Å². The van der Waals surface area contributed by atoms with Crippen LogP contribution in [0.2, 0.25) is 0 Å². The summed E-state index contributed by atoms with van der Waals surface area (Å²) in [4.78, 5) is 62.8. The summed E-state index contributed by atoms with van der Waals surface area (Å²) in [6, 6.07) is 146. The third-order valence-electron chi connectivity index (χ3n) is 24.6. The highest BCUT2D eigenvalue weighted by Gasteiger charge is 2.29. The molecule has 18 aromatic carbocycles. The molecular formula is C116H70N14OS. The molecule has 0 unspecified atom stereocenters. The highest BCUT2D eigenvalue weighted by molar-refractivity contribution is 7.26. The number of benzene rings is 18. The van der Waals surface area contributed by atoms with Gasteiger partial charge in [-0.1, -0.05) is 346 Å². The standard InChI is InChI=1S/C58H35N7O.C58H35N7S/c1-4-18-37(19-5-1)53-59-54(38-20-6-2-7-21-38)63-58(62-53)46-35-40(56-60-55(39-22-8-3-9-23-39)61-57(64-56)44-28-16-24-36-17-10-11-25-41(36)44)31-33-48(46)65-47-29-14-12-26-42(47)43-32-34-50-51(52(43)65)45-27-13-15-30-49(45)66-50;1-4-18-37(19-5-1)53-59-54(38-20-6-2-7-21-38)61-56(60-53)40-31-33-48(65-47-29-14-12-26-42(47)43-32-34-50-51(52(43)65)45-27-13-15-30-49(45)66-50)46(35-40)58-63-55(39-22-8-3-9-23-39)62-57(64-58)44-28-16-24-36-17-10-11-25-41(36)44/h2*1-35H. The summed E-state index contributed by atoms with van der Waals surface area (Å²) in [6.07, 6.45) is 0. The lowest BCUT2D eigenvalue weighted by atomic mass is 10.0. The Labute approximate surface area is 759 Å². The van der Waals surface area contributed by atoms with Crippen LogP contribution >= 0.6 is 11.3 Å². The molecule has 0 aliphatic heterocycles. The van der Waals surface area contributed by atoms with Crippen molar-refractivity contribution in [2.24, 2.45) is 0 Å². The maximum absolute atomic E-state index is 6.52. The van der Waals surface area contributed by atoms with Crippen LogP contribution in [0.25, 0.3) is 255 Å². The molecule has 0 aliphatic carbocycles. The summed E-state index contributed by atoms with van der Waals surface area (Å²) in [6.45, 7) is 0. The van der Waals surface area contributed by atoms with Crippen molar-refractivity contribution in [3.8, 4) is 148 Å². The van der Waals surface area contributed by atoms with Crippen LogP contribution in [0.1, 0.15) is 0 Å². The molecule has 0 N–H and O–H groups in total. The minimum Gasteiger partial charge on any atom is -0.456 e. The number of hydrogen-bond donors (Lipinski definition) is 0. The number of aromatic nitrogens is 14. The molecule has 0 bridgehead atoms. The Bertz CT molecular complexity index is 8920. The Balaban J connectivity index is 0.000000142. The molecule has 26 aromatic rings. The van der Waals surface area contributed by atoms with Crippen LogP contribution in [0, 0.1) is 0 Å². The lowest BCUT2D eigenvalue weighted by Crippen LogP contribution is -2.05. The normalized spacial score (nSPS) is 11.6. The Morgan fingerprint density at radius 1 is 0.182 bits per heavy atom. The second kappa shape index (κ2) is 32.2. The van der Waals surface area contributed by atoms with Crippen LogP contribution in [0.5, 0.6) is 0 Å². The van der Waals surface area contributed by atoms with Crippen LogP contribution in [-0.2, 0) is 0 Å². The fraction of sp³-hybridized carbons (Fsp3) is 0. The average Bonchev–Trinajstić information content (AvgIpc) is 1.56. The van der Waals surface area contributed by atoms with E-state index >= 15 is 0 Å². The molecule has 0 atom stereocenters. The van der Waals surface area contributed by atoms with Crippen molar-refractivity contribution in [2.45, 2.75) is 0 Å². The van der Waals surface area contributed by atoms with Crippen molar-refractivity contribution >= 4 is 119 Å². The second-order valence-corrected chi connectivity index (χ2v) is 33.6. The van der Waals surface area contributed by atoms with E-state index in [9.17, 15) is 0 Å². The fourth-order valence-electron chi connectivity index (χ4n) is 18.5. The van der Waals surface area contributed by atoms with Gasteiger partial charge in [-0.3, -0.25) is 0 Å². The number of fused-ring (bicyclic) bond motifs is 16. The van der Waals surface area contributed by atoms with E-state index in [-0.39, 0.29) is 0 Å². The van der Waals surface area contributed by atoms with Gasteiger partial charge in [-0.15, -0.1) is 11.3 Å². The molecule has 0 saturated carbocycles. The Hall–Kier alpha value is -17.9. The molecule has 616 valence electrons. The third kappa shape index (κ3) is 13.5. The number of para-hydroxylation sites is 3. The molecule has 0 saturated heterocycles. The smallest absolute Gasteiger partial charge is 0.166 e. The quantitative estimate of drug-likeness (QED) is 0.101. The molecule has 16 heteroatoms. The summed E-state index contributed by atoms with van der Waals surface area (Å²) >= 11 is 1.82. The van der Waals surface area contributed by atoms with E-state index in [0.29, 0.717) is 69.9 Å². The van der Waals surface area contributed by atoms with E-state index in [0.717, 1.165) is 160 Å². The number of hydrogen-bond acceptors (Lipinski definition) is 14. The number of thiophene rings is 1. The molecule has 132 heavy (non-hydrogen) atoms. The van der Waals surface area contributed by atoms with Gasteiger partial charge in [-0.25, -0.2) is 59.8 Å². The first-order valence-electron chi connectivity index (χ1n) is 43.7. The van der Waals surface area contributed by atoms with Crippen molar-refractivity contribution < 1.29 is 4.42 Å². The van der Waals surface area contributed by atoms with Crippen molar-refractivity contribution in [1.82, 2.24) is 68.9 Å².